The molecular weight excluding hydrogens is 375 g/mol. The maximum atomic E-state index is 14.1. The summed E-state index contributed by atoms with van der Waals surface area (Å²) < 4.78 is 24.3. The Hall–Kier alpha value is -3.42. The van der Waals surface area contributed by atoms with Gasteiger partial charge in [-0.25, -0.2) is 19.2 Å². The van der Waals surface area contributed by atoms with Crippen LogP contribution in [-0.2, 0) is 17.7 Å². The second-order valence-electron chi connectivity index (χ2n) is 7.05. The summed E-state index contributed by atoms with van der Waals surface area (Å²) in [6.45, 7) is 2.34. The third-order valence-electron chi connectivity index (χ3n) is 5.48. The number of carbonyl (C=O) groups is 1. The van der Waals surface area contributed by atoms with Crippen molar-refractivity contribution >= 4 is 28.5 Å². The van der Waals surface area contributed by atoms with Gasteiger partial charge in [-0.1, -0.05) is 12.1 Å². The highest BCUT2D eigenvalue weighted by Crippen LogP contribution is 2.35. The predicted octanol–water partition coefficient (Wildman–Crippen LogP) is 3.30. The summed E-state index contributed by atoms with van der Waals surface area (Å²) in [5.41, 5.74) is 3.74. The molecule has 5 rings (SSSR count). The zero-order valence-electron chi connectivity index (χ0n) is 15.9. The summed E-state index contributed by atoms with van der Waals surface area (Å²) in [4.78, 5) is 24.5. The molecule has 0 saturated carbocycles. The molecule has 29 heavy (non-hydrogen) atoms. The predicted molar refractivity (Wildman–Crippen MR) is 106 cm³/mol. The molecule has 0 unspecified atom stereocenters. The smallest absolute Gasteiger partial charge is 0.414 e. The van der Waals surface area contributed by atoms with Gasteiger partial charge in [-0.15, -0.1) is 0 Å². The summed E-state index contributed by atoms with van der Waals surface area (Å²) in [6, 6.07) is 9.01. The summed E-state index contributed by atoms with van der Waals surface area (Å²) in [7, 11) is 1.44. The van der Waals surface area contributed by atoms with Crippen molar-refractivity contribution in [2.24, 2.45) is 0 Å². The lowest BCUT2D eigenvalue weighted by atomic mass is 9.97. The van der Waals surface area contributed by atoms with Crippen LogP contribution in [0.15, 0.2) is 36.7 Å². The number of ether oxygens (including phenoxy) is 2. The molecule has 3 heterocycles. The number of methoxy groups -OCH3 is 1. The quantitative estimate of drug-likeness (QED) is 0.679. The number of nitrogens with zero attached hydrogens (tertiary/aromatic N) is 4. The van der Waals surface area contributed by atoms with Crippen LogP contribution in [0.1, 0.15) is 11.1 Å². The van der Waals surface area contributed by atoms with Gasteiger partial charge in [0.05, 0.1) is 24.9 Å². The van der Waals surface area contributed by atoms with Gasteiger partial charge in [0, 0.05) is 24.5 Å². The van der Waals surface area contributed by atoms with Crippen LogP contribution >= 0.6 is 0 Å². The van der Waals surface area contributed by atoms with Crippen molar-refractivity contribution in [3.8, 4) is 5.75 Å². The number of hydrogen-bond donors (Lipinski definition) is 0. The van der Waals surface area contributed by atoms with Gasteiger partial charge in [0.1, 0.15) is 18.8 Å². The number of cyclic esters (lactones) is 1. The van der Waals surface area contributed by atoms with E-state index in [1.54, 1.807) is 11.0 Å². The van der Waals surface area contributed by atoms with Gasteiger partial charge in [0.2, 0.25) is 0 Å². The molecule has 0 radical (unpaired) electrons. The Balaban J connectivity index is 1.53. The van der Waals surface area contributed by atoms with Gasteiger partial charge in [-0.05, 0) is 29.7 Å². The second-order valence-corrected chi connectivity index (χ2v) is 7.05. The van der Waals surface area contributed by atoms with Crippen LogP contribution in [0.2, 0.25) is 0 Å². The minimum Gasteiger partial charge on any atom is -0.494 e. The molecule has 3 aromatic rings. The summed E-state index contributed by atoms with van der Waals surface area (Å²) in [5, 5.41) is 0.744. The Labute approximate surface area is 166 Å². The van der Waals surface area contributed by atoms with Crippen LogP contribution in [0.4, 0.5) is 20.7 Å². The number of amides is 1. The van der Waals surface area contributed by atoms with E-state index in [2.05, 4.69) is 20.9 Å². The van der Waals surface area contributed by atoms with Crippen LogP contribution in [0.25, 0.3) is 10.9 Å². The van der Waals surface area contributed by atoms with Gasteiger partial charge >= 0.3 is 6.09 Å². The highest BCUT2D eigenvalue weighted by molar-refractivity contribution is 5.92. The lowest BCUT2D eigenvalue weighted by molar-refractivity contribution is 0.181. The fourth-order valence-electron chi connectivity index (χ4n) is 4.09. The molecule has 7 nitrogen and oxygen atoms in total. The molecule has 1 amide bonds. The largest absolute Gasteiger partial charge is 0.494 e. The minimum absolute atomic E-state index is 0.167. The standard InChI is InChI=1S/C21H19FN4O3/c1-28-19-9-15-17(10-16(19)22)23-12-24-20(15)25-6-5-14-13(11-25)3-2-4-18(14)26-7-8-29-21(26)27/h2-4,9-10,12H,5-8,11H2,1H3. The summed E-state index contributed by atoms with van der Waals surface area (Å²) in [6.07, 6.45) is 1.92. The van der Waals surface area contributed by atoms with E-state index in [1.807, 2.05) is 12.1 Å². The minimum atomic E-state index is -0.448. The highest BCUT2D eigenvalue weighted by Gasteiger charge is 2.29. The fourth-order valence-corrected chi connectivity index (χ4v) is 4.09. The Morgan fingerprint density at radius 1 is 1.21 bits per heavy atom. The first-order chi connectivity index (χ1) is 14.2. The average molecular weight is 394 g/mol. The number of aromatic nitrogens is 2. The van der Waals surface area contributed by atoms with Crippen molar-refractivity contribution in [1.82, 2.24) is 9.97 Å². The van der Waals surface area contributed by atoms with Crippen LogP contribution in [-0.4, -0.2) is 42.9 Å². The fraction of sp³-hybridized carbons (Fsp3) is 0.286. The summed E-state index contributed by atoms with van der Waals surface area (Å²) >= 11 is 0. The zero-order valence-corrected chi connectivity index (χ0v) is 15.9. The molecule has 0 bridgehead atoms. The second kappa shape index (κ2) is 6.88. The Morgan fingerprint density at radius 2 is 2.10 bits per heavy atom. The molecule has 0 aliphatic carbocycles. The normalized spacial score (nSPS) is 16.1. The van der Waals surface area contributed by atoms with Crippen LogP contribution in [0, 0.1) is 5.82 Å². The number of carbonyl (C=O) groups excluding carboxylic acids is 1. The molecule has 8 heteroatoms. The number of fused-ring (bicyclic) bond motifs is 2. The molecule has 2 aromatic carbocycles. The topological polar surface area (TPSA) is 67.8 Å². The van der Waals surface area contributed by atoms with E-state index >= 15 is 0 Å². The van der Waals surface area contributed by atoms with Gasteiger partial charge < -0.3 is 14.4 Å². The maximum absolute atomic E-state index is 14.1. The molecule has 1 aromatic heterocycles. The van der Waals surface area contributed by atoms with Crippen LogP contribution < -0.4 is 14.5 Å². The first kappa shape index (κ1) is 17.7. The highest BCUT2D eigenvalue weighted by atomic mass is 19.1. The monoisotopic (exact) mass is 394 g/mol. The lowest BCUT2D eigenvalue weighted by Gasteiger charge is -2.32. The third kappa shape index (κ3) is 2.91. The van der Waals surface area contributed by atoms with Gasteiger partial charge in [-0.2, -0.15) is 0 Å². The van der Waals surface area contributed by atoms with Gasteiger partial charge in [0.15, 0.2) is 11.6 Å². The lowest BCUT2D eigenvalue weighted by Crippen LogP contribution is -2.33. The van der Waals surface area contributed by atoms with E-state index in [1.165, 1.54) is 19.5 Å². The first-order valence-electron chi connectivity index (χ1n) is 9.44. The van der Waals surface area contributed by atoms with E-state index in [0.29, 0.717) is 25.2 Å². The van der Waals surface area contributed by atoms with E-state index in [9.17, 15) is 9.18 Å². The van der Waals surface area contributed by atoms with Crippen LogP contribution in [0.5, 0.6) is 5.75 Å². The molecule has 0 atom stereocenters. The first-order valence-corrected chi connectivity index (χ1v) is 9.44. The van der Waals surface area contributed by atoms with Crippen molar-refractivity contribution in [2.45, 2.75) is 13.0 Å². The molecule has 148 valence electrons. The van der Waals surface area contributed by atoms with E-state index in [-0.39, 0.29) is 11.8 Å². The SMILES string of the molecule is COc1cc2c(N3CCc4c(cccc4N4CCOC4=O)C3)ncnc2cc1F. The Kier molecular flexibility index (Phi) is 4.19. The number of rotatable bonds is 3. The van der Waals surface area contributed by atoms with Crippen LogP contribution in [0.3, 0.4) is 0 Å². The summed E-state index contributed by atoms with van der Waals surface area (Å²) in [5.74, 6) is 0.460. The van der Waals surface area contributed by atoms with Crippen molar-refractivity contribution in [3.63, 3.8) is 0 Å². The average Bonchev–Trinajstić information content (AvgIpc) is 3.17. The maximum Gasteiger partial charge on any atom is 0.414 e. The van der Waals surface area contributed by atoms with Crippen molar-refractivity contribution < 1.29 is 18.7 Å². The number of halogens is 1. The molecule has 2 aliphatic rings. The van der Waals surface area contributed by atoms with E-state index < -0.39 is 5.82 Å². The number of hydrogen-bond acceptors (Lipinski definition) is 6. The van der Waals surface area contributed by atoms with Crippen molar-refractivity contribution in [2.75, 3.05) is 36.6 Å². The zero-order chi connectivity index (χ0) is 20.0. The van der Waals surface area contributed by atoms with Crippen molar-refractivity contribution in [3.05, 3.63) is 53.6 Å². The third-order valence-corrected chi connectivity index (χ3v) is 5.48. The Morgan fingerprint density at radius 3 is 2.90 bits per heavy atom. The molecule has 1 fully saturated rings. The molecular formula is C21H19FN4O3. The number of anilines is 2. The molecule has 0 spiro atoms. The van der Waals surface area contributed by atoms with E-state index in [4.69, 9.17) is 9.47 Å². The van der Waals surface area contributed by atoms with Crippen molar-refractivity contribution in [1.29, 1.82) is 0 Å². The van der Waals surface area contributed by atoms with Gasteiger partial charge in [0.25, 0.3) is 0 Å². The molecule has 1 saturated heterocycles. The van der Waals surface area contributed by atoms with Gasteiger partial charge in [-0.3, -0.25) is 4.90 Å². The Bertz CT molecular complexity index is 1120. The number of benzene rings is 2. The molecule has 2 aliphatic heterocycles. The molecule has 0 N–H and O–H groups in total. The van der Waals surface area contributed by atoms with E-state index in [0.717, 1.165) is 41.0 Å².